The van der Waals surface area contributed by atoms with E-state index < -0.39 is 0 Å². The van der Waals surface area contributed by atoms with Gasteiger partial charge in [-0.15, -0.1) is 24.0 Å². The molecule has 1 heterocycles. The molecule has 0 radical (unpaired) electrons. The first kappa shape index (κ1) is 12.5. The SMILES string of the molecule is CCCCCCNC(=O)c1ncsc1S. The summed E-state index contributed by atoms with van der Waals surface area (Å²) in [6, 6.07) is 0. The lowest BCUT2D eigenvalue weighted by atomic mass is 10.2. The van der Waals surface area contributed by atoms with Gasteiger partial charge in [-0.1, -0.05) is 26.2 Å². The Hall–Kier alpha value is -0.550. The van der Waals surface area contributed by atoms with Crippen LogP contribution in [-0.2, 0) is 0 Å². The number of hydrogen-bond donors (Lipinski definition) is 2. The molecule has 0 aliphatic carbocycles. The number of carbonyl (C=O) groups is 1. The summed E-state index contributed by atoms with van der Waals surface area (Å²) in [7, 11) is 0. The van der Waals surface area contributed by atoms with Crippen molar-refractivity contribution in [2.75, 3.05) is 6.54 Å². The average molecular weight is 244 g/mol. The Labute approximate surface area is 99.7 Å². The van der Waals surface area contributed by atoms with Gasteiger partial charge in [-0.25, -0.2) is 4.98 Å². The number of nitrogens with one attached hydrogen (secondary N) is 1. The fourth-order valence-corrected chi connectivity index (χ4v) is 2.05. The van der Waals surface area contributed by atoms with Crippen molar-refractivity contribution in [3.8, 4) is 0 Å². The van der Waals surface area contributed by atoms with Crippen molar-refractivity contribution in [1.82, 2.24) is 10.3 Å². The van der Waals surface area contributed by atoms with Crippen LogP contribution in [0.1, 0.15) is 43.1 Å². The molecule has 0 aromatic carbocycles. The number of thiazole rings is 1. The molecular weight excluding hydrogens is 228 g/mol. The maximum Gasteiger partial charge on any atom is 0.271 e. The number of aromatic nitrogens is 1. The van der Waals surface area contributed by atoms with Crippen LogP contribution >= 0.6 is 24.0 Å². The molecular formula is C10H16N2OS2. The van der Waals surface area contributed by atoms with E-state index >= 15 is 0 Å². The van der Waals surface area contributed by atoms with Crippen LogP contribution < -0.4 is 5.32 Å². The van der Waals surface area contributed by atoms with E-state index in [2.05, 4.69) is 29.9 Å². The van der Waals surface area contributed by atoms with E-state index in [1.807, 2.05) is 0 Å². The second-order valence-corrected chi connectivity index (χ2v) is 4.93. The molecule has 0 saturated heterocycles. The Morgan fingerprint density at radius 1 is 1.53 bits per heavy atom. The summed E-state index contributed by atoms with van der Waals surface area (Å²) >= 11 is 5.53. The molecule has 5 heteroatoms. The monoisotopic (exact) mass is 244 g/mol. The normalized spacial score (nSPS) is 10.3. The van der Waals surface area contributed by atoms with Gasteiger partial charge in [0.1, 0.15) is 0 Å². The van der Waals surface area contributed by atoms with Gasteiger partial charge in [0, 0.05) is 6.54 Å². The van der Waals surface area contributed by atoms with Crippen LogP contribution in [0.5, 0.6) is 0 Å². The highest BCUT2D eigenvalue weighted by atomic mass is 32.2. The largest absolute Gasteiger partial charge is 0.351 e. The first-order valence-corrected chi connectivity index (χ1v) is 6.49. The highest BCUT2D eigenvalue weighted by Crippen LogP contribution is 2.17. The van der Waals surface area contributed by atoms with Crippen molar-refractivity contribution in [1.29, 1.82) is 0 Å². The van der Waals surface area contributed by atoms with E-state index in [1.165, 1.54) is 30.6 Å². The third kappa shape index (κ3) is 4.22. The van der Waals surface area contributed by atoms with E-state index in [0.29, 0.717) is 9.90 Å². The quantitative estimate of drug-likeness (QED) is 0.597. The van der Waals surface area contributed by atoms with Crippen molar-refractivity contribution in [3.63, 3.8) is 0 Å². The van der Waals surface area contributed by atoms with Gasteiger partial charge in [-0.3, -0.25) is 4.79 Å². The minimum atomic E-state index is -0.113. The molecule has 0 bridgehead atoms. The molecule has 0 atom stereocenters. The first-order valence-electron chi connectivity index (χ1n) is 5.16. The Morgan fingerprint density at radius 3 is 2.93 bits per heavy atom. The maximum absolute atomic E-state index is 11.5. The molecule has 1 aromatic heterocycles. The zero-order valence-corrected chi connectivity index (χ0v) is 10.5. The fourth-order valence-electron chi connectivity index (χ4n) is 1.23. The van der Waals surface area contributed by atoms with E-state index in [9.17, 15) is 4.79 Å². The van der Waals surface area contributed by atoms with Crippen LogP contribution in [0.15, 0.2) is 9.72 Å². The number of unbranched alkanes of at least 4 members (excludes halogenated alkanes) is 3. The molecule has 1 rings (SSSR count). The Morgan fingerprint density at radius 2 is 2.33 bits per heavy atom. The van der Waals surface area contributed by atoms with Gasteiger partial charge in [0.15, 0.2) is 5.69 Å². The predicted molar refractivity (Wildman–Crippen MR) is 65.8 cm³/mol. The Kier molecular flexibility index (Phi) is 5.71. The van der Waals surface area contributed by atoms with Crippen molar-refractivity contribution in [3.05, 3.63) is 11.2 Å². The summed E-state index contributed by atoms with van der Waals surface area (Å²) in [5.41, 5.74) is 2.08. The van der Waals surface area contributed by atoms with Crippen LogP contribution in [-0.4, -0.2) is 17.4 Å². The molecule has 0 unspecified atom stereocenters. The second kappa shape index (κ2) is 6.85. The van der Waals surface area contributed by atoms with Gasteiger partial charge in [0.25, 0.3) is 5.91 Å². The lowest BCUT2D eigenvalue weighted by Gasteiger charge is -2.02. The number of carbonyl (C=O) groups excluding carboxylic acids is 1. The summed E-state index contributed by atoms with van der Waals surface area (Å²) in [6.07, 6.45) is 4.64. The van der Waals surface area contributed by atoms with Crippen LogP contribution in [0.2, 0.25) is 0 Å². The van der Waals surface area contributed by atoms with Crippen molar-refractivity contribution in [2.45, 2.75) is 36.8 Å². The molecule has 3 nitrogen and oxygen atoms in total. The standard InChI is InChI=1S/C10H16N2OS2/c1-2-3-4-5-6-11-9(13)8-10(14)15-7-12-8/h7,14H,2-6H2,1H3,(H,11,13). The molecule has 0 saturated carbocycles. The van der Waals surface area contributed by atoms with E-state index in [0.717, 1.165) is 13.0 Å². The maximum atomic E-state index is 11.5. The minimum Gasteiger partial charge on any atom is -0.351 e. The highest BCUT2D eigenvalue weighted by Gasteiger charge is 2.11. The van der Waals surface area contributed by atoms with Crippen LogP contribution in [0.25, 0.3) is 0 Å². The predicted octanol–water partition coefficient (Wildman–Crippen LogP) is 2.74. The molecule has 0 spiro atoms. The second-order valence-electron chi connectivity index (χ2n) is 3.32. The summed E-state index contributed by atoms with van der Waals surface area (Å²) in [4.78, 5) is 15.5. The zero-order valence-electron chi connectivity index (χ0n) is 8.82. The molecule has 15 heavy (non-hydrogen) atoms. The third-order valence-corrected chi connectivity index (χ3v) is 3.24. The van der Waals surface area contributed by atoms with Crippen molar-refractivity contribution < 1.29 is 4.79 Å². The average Bonchev–Trinajstić information content (AvgIpc) is 2.64. The molecule has 1 N–H and O–H groups in total. The number of hydrogen-bond acceptors (Lipinski definition) is 4. The van der Waals surface area contributed by atoms with Gasteiger partial charge in [0.05, 0.1) is 9.72 Å². The number of nitrogens with zero attached hydrogens (tertiary/aromatic N) is 1. The number of rotatable bonds is 6. The number of amides is 1. The highest BCUT2D eigenvalue weighted by molar-refractivity contribution is 7.82. The first-order chi connectivity index (χ1) is 7.25. The van der Waals surface area contributed by atoms with E-state index in [4.69, 9.17) is 0 Å². The molecule has 0 aliphatic rings. The van der Waals surface area contributed by atoms with E-state index in [-0.39, 0.29) is 5.91 Å². The summed E-state index contributed by atoms with van der Waals surface area (Å²) in [5.74, 6) is -0.113. The molecule has 1 amide bonds. The Bertz CT molecular complexity index is 312. The van der Waals surface area contributed by atoms with Crippen LogP contribution in [0.4, 0.5) is 0 Å². The van der Waals surface area contributed by atoms with Gasteiger partial charge < -0.3 is 5.32 Å². The van der Waals surface area contributed by atoms with E-state index in [1.54, 1.807) is 5.51 Å². The van der Waals surface area contributed by atoms with Crippen molar-refractivity contribution >= 4 is 29.9 Å². The zero-order chi connectivity index (χ0) is 11.1. The molecule has 1 aromatic rings. The van der Waals surface area contributed by atoms with Gasteiger partial charge >= 0.3 is 0 Å². The number of thiol groups is 1. The van der Waals surface area contributed by atoms with Crippen LogP contribution in [0, 0.1) is 0 Å². The summed E-state index contributed by atoms with van der Waals surface area (Å²) < 4.78 is 0.682. The molecule has 0 fully saturated rings. The topological polar surface area (TPSA) is 42.0 Å². The fraction of sp³-hybridized carbons (Fsp3) is 0.600. The summed E-state index contributed by atoms with van der Waals surface area (Å²) in [6.45, 7) is 2.89. The van der Waals surface area contributed by atoms with Crippen LogP contribution in [0.3, 0.4) is 0 Å². The lowest BCUT2D eigenvalue weighted by molar-refractivity contribution is 0.0946. The minimum absolute atomic E-state index is 0.113. The van der Waals surface area contributed by atoms with Crippen molar-refractivity contribution in [2.24, 2.45) is 0 Å². The van der Waals surface area contributed by atoms with Gasteiger partial charge in [0.2, 0.25) is 0 Å². The lowest BCUT2D eigenvalue weighted by Crippen LogP contribution is -2.25. The van der Waals surface area contributed by atoms with Gasteiger partial charge in [-0.2, -0.15) is 0 Å². The molecule has 0 aliphatic heterocycles. The third-order valence-electron chi connectivity index (χ3n) is 2.08. The smallest absolute Gasteiger partial charge is 0.271 e. The summed E-state index contributed by atoms with van der Waals surface area (Å²) in [5, 5.41) is 2.84. The molecule has 84 valence electrons. The van der Waals surface area contributed by atoms with Gasteiger partial charge in [-0.05, 0) is 6.42 Å². The Balaban J connectivity index is 2.22.